The Morgan fingerprint density at radius 3 is 2.80 bits per heavy atom. The van der Waals surface area contributed by atoms with E-state index in [1.54, 1.807) is 0 Å². The lowest BCUT2D eigenvalue weighted by Crippen LogP contribution is -2.30. The Morgan fingerprint density at radius 2 is 2.20 bits per heavy atom. The summed E-state index contributed by atoms with van der Waals surface area (Å²) in [4.78, 5) is 8.92. The second kappa shape index (κ2) is 4.27. The second-order valence-electron chi connectivity index (χ2n) is 4.48. The molecule has 0 aliphatic heterocycles. The summed E-state index contributed by atoms with van der Waals surface area (Å²) in [6.45, 7) is 4.04. The molecular weight excluding hydrogens is 186 g/mol. The highest BCUT2D eigenvalue weighted by atomic mass is 14.9. The van der Waals surface area contributed by atoms with Gasteiger partial charge >= 0.3 is 0 Å². The Morgan fingerprint density at radius 1 is 1.47 bits per heavy atom. The van der Waals surface area contributed by atoms with Gasteiger partial charge in [-0.05, 0) is 39.7 Å². The van der Waals surface area contributed by atoms with Crippen LogP contribution in [0.1, 0.15) is 29.9 Å². The second-order valence-corrected chi connectivity index (χ2v) is 4.48. The molecule has 0 aromatic carbocycles. The molecule has 0 radical (unpaired) electrons. The van der Waals surface area contributed by atoms with Crippen molar-refractivity contribution in [1.29, 1.82) is 0 Å². The zero-order valence-electron chi connectivity index (χ0n) is 9.75. The third-order valence-corrected chi connectivity index (χ3v) is 3.15. The number of aromatic nitrogens is 2. The maximum Gasteiger partial charge on any atom is 0.0634 e. The van der Waals surface area contributed by atoms with Crippen LogP contribution in [0.25, 0.3) is 0 Å². The van der Waals surface area contributed by atoms with Gasteiger partial charge < -0.3 is 5.32 Å². The number of likely N-dealkylation sites (N-methyl/N-ethyl adjacent to an activating group) is 1. The van der Waals surface area contributed by atoms with Crippen LogP contribution in [0, 0.1) is 19.8 Å². The smallest absolute Gasteiger partial charge is 0.0634 e. The van der Waals surface area contributed by atoms with E-state index in [1.165, 1.54) is 12.8 Å². The Kier molecular flexibility index (Phi) is 3.00. The van der Waals surface area contributed by atoms with Crippen LogP contribution in [-0.2, 0) is 6.42 Å². The zero-order chi connectivity index (χ0) is 10.8. The first-order valence-electron chi connectivity index (χ1n) is 5.67. The van der Waals surface area contributed by atoms with Gasteiger partial charge in [-0.15, -0.1) is 0 Å². The van der Waals surface area contributed by atoms with Gasteiger partial charge in [0.1, 0.15) is 0 Å². The third-order valence-electron chi connectivity index (χ3n) is 3.15. The Hall–Kier alpha value is -0.960. The number of nitrogens with one attached hydrogen (secondary N) is 1. The number of hydrogen-bond acceptors (Lipinski definition) is 3. The summed E-state index contributed by atoms with van der Waals surface area (Å²) >= 11 is 0. The highest BCUT2D eigenvalue weighted by molar-refractivity contribution is 5.14. The summed E-state index contributed by atoms with van der Waals surface area (Å²) in [5.74, 6) is 0.858. The number of aryl methyl sites for hydroxylation is 2. The van der Waals surface area contributed by atoms with E-state index in [0.29, 0.717) is 6.04 Å². The van der Waals surface area contributed by atoms with E-state index in [4.69, 9.17) is 0 Å². The topological polar surface area (TPSA) is 37.8 Å². The van der Waals surface area contributed by atoms with Gasteiger partial charge in [-0.25, -0.2) is 0 Å². The quantitative estimate of drug-likeness (QED) is 0.812. The zero-order valence-corrected chi connectivity index (χ0v) is 9.75. The molecule has 3 nitrogen and oxygen atoms in total. The Balaban J connectivity index is 2.11. The van der Waals surface area contributed by atoms with Crippen molar-refractivity contribution in [2.24, 2.45) is 5.92 Å². The minimum absolute atomic E-state index is 0.583. The van der Waals surface area contributed by atoms with E-state index < -0.39 is 0 Å². The maximum absolute atomic E-state index is 4.57. The molecule has 82 valence electrons. The maximum atomic E-state index is 4.57. The molecule has 1 atom stereocenters. The van der Waals surface area contributed by atoms with Gasteiger partial charge in [0.25, 0.3) is 0 Å². The van der Waals surface area contributed by atoms with Crippen LogP contribution in [-0.4, -0.2) is 23.1 Å². The van der Waals surface area contributed by atoms with Gasteiger partial charge in [0.05, 0.1) is 17.1 Å². The van der Waals surface area contributed by atoms with Crippen molar-refractivity contribution in [1.82, 2.24) is 15.3 Å². The van der Waals surface area contributed by atoms with Crippen molar-refractivity contribution in [2.75, 3.05) is 7.05 Å². The molecule has 1 heterocycles. The number of rotatable bonds is 4. The van der Waals surface area contributed by atoms with Gasteiger partial charge in [0, 0.05) is 18.7 Å². The lowest BCUT2D eigenvalue weighted by molar-refractivity contribution is 0.493. The number of nitrogens with zero attached hydrogens (tertiary/aromatic N) is 2. The first-order chi connectivity index (χ1) is 7.20. The Labute approximate surface area is 91.3 Å². The lowest BCUT2D eigenvalue weighted by atomic mass is 10.1. The fourth-order valence-electron chi connectivity index (χ4n) is 1.99. The normalized spacial score (nSPS) is 17.8. The molecule has 1 N–H and O–H groups in total. The first kappa shape index (κ1) is 10.6. The van der Waals surface area contributed by atoms with Crippen LogP contribution in [0.4, 0.5) is 0 Å². The standard InChI is InChI=1S/C12H19N3/c1-8-7-14-9(2)11(15-8)6-12(13-3)10-4-5-10/h7,10,12-13H,4-6H2,1-3H3. The minimum atomic E-state index is 0.583. The molecule has 0 amide bonds. The van der Waals surface area contributed by atoms with Crippen molar-refractivity contribution in [3.8, 4) is 0 Å². The molecule has 1 aromatic rings. The molecule has 0 bridgehead atoms. The van der Waals surface area contributed by atoms with E-state index >= 15 is 0 Å². The largest absolute Gasteiger partial charge is 0.316 e. The molecule has 1 saturated carbocycles. The van der Waals surface area contributed by atoms with Crippen molar-refractivity contribution < 1.29 is 0 Å². The van der Waals surface area contributed by atoms with Crippen molar-refractivity contribution >= 4 is 0 Å². The van der Waals surface area contributed by atoms with Gasteiger partial charge in [-0.1, -0.05) is 0 Å². The van der Waals surface area contributed by atoms with Gasteiger partial charge in [0.2, 0.25) is 0 Å². The molecule has 1 aromatic heterocycles. The SMILES string of the molecule is CNC(Cc1nc(C)cnc1C)C1CC1. The van der Waals surface area contributed by atoms with Crippen LogP contribution in [0.15, 0.2) is 6.20 Å². The van der Waals surface area contributed by atoms with E-state index in [2.05, 4.69) is 15.3 Å². The summed E-state index contributed by atoms with van der Waals surface area (Å²) in [7, 11) is 2.04. The highest BCUT2D eigenvalue weighted by Crippen LogP contribution is 2.33. The summed E-state index contributed by atoms with van der Waals surface area (Å²) in [6.07, 6.45) is 5.58. The van der Waals surface area contributed by atoms with E-state index in [0.717, 1.165) is 29.4 Å². The highest BCUT2D eigenvalue weighted by Gasteiger charge is 2.30. The van der Waals surface area contributed by atoms with Crippen molar-refractivity contribution in [2.45, 2.75) is 39.2 Å². The molecule has 1 unspecified atom stereocenters. The Bertz CT molecular complexity index is 345. The fraction of sp³-hybridized carbons (Fsp3) is 0.667. The van der Waals surface area contributed by atoms with Gasteiger partial charge in [-0.3, -0.25) is 9.97 Å². The monoisotopic (exact) mass is 205 g/mol. The minimum Gasteiger partial charge on any atom is -0.316 e. The van der Waals surface area contributed by atoms with E-state index in [-0.39, 0.29) is 0 Å². The van der Waals surface area contributed by atoms with Crippen LogP contribution in [0.3, 0.4) is 0 Å². The van der Waals surface area contributed by atoms with Crippen LogP contribution >= 0.6 is 0 Å². The third kappa shape index (κ3) is 2.53. The molecule has 15 heavy (non-hydrogen) atoms. The van der Waals surface area contributed by atoms with E-state index in [9.17, 15) is 0 Å². The molecule has 2 rings (SSSR count). The van der Waals surface area contributed by atoms with E-state index in [1.807, 2.05) is 27.1 Å². The molecular formula is C12H19N3. The lowest BCUT2D eigenvalue weighted by Gasteiger charge is -2.15. The van der Waals surface area contributed by atoms with Crippen LogP contribution in [0.5, 0.6) is 0 Å². The summed E-state index contributed by atoms with van der Waals surface area (Å²) in [5.41, 5.74) is 3.24. The average molecular weight is 205 g/mol. The van der Waals surface area contributed by atoms with Gasteiger partial charge in [-0.2, -0.15) is 0 Å². The van der Waals surface area contributed by atoms with Crippen LogP contribution < -0.4 is 5.32 Å². The van der Waals surface area contributed by atoms with Crippen molar-refractivity contribution in [3.05, 3.63) is 23.3 Å². The van der Waals surface area contributed by atoms with Crippen molar-refractivity contribution in [3.63, 3.8) is 0 Å². The summed E-state index contributed by atoms with van der Waals surface area (Å²) in [6, 6.07) is 0.583. The molecule has 3 heteroatoms. The predicted octanol–water partition coefficient (Wildman–Crippen LogP) is 1.63. The van der Waals surface area contributed by atoms with Gasteiger partial charge in [0.15, 0.2) is 0 Å². The molecule has 1 fully saturated rings. The average Bonchev–Trinajstić information content (AvgIpc) is 3.03. The molecule has 1 aliphatic carbocycles. The summed E-state index contributed by atoms with van der Waals surface area (Å²) in [5, 5.41) is 3.39. The van der Waals surface area contributed by atoms with Crippen LogP contribution in [0.2, 0.25) is 0 Å². The predicted molar refractivity (Wildman–Crippen MR) is 60.8 cm³/mol. The number of hydrogen-bond donors (Lipinski definition) is 1. The molecule has 1 aliphatic rings. The molecule has 0 spiro atoms. The fourth-order valence-corrected chi connectivity index (χ4v) is 1.99. The first-order valence-corrected chi connectivity index (χ1v) is 5.67. The summed E-state index contributed by atoms with van der Waals surface area (Å²) < 4.78 is 0. The molecule has 0 saturated heterocycles.